The molecule has 0 spiro atoms. The van der Waals surface area contributed by atoms with Crippen LogP contribution in [0.1, 0.15) is 26.3 Å². The molecule has 1 aromatic rings. The molecule has 9 heteroatoms. The molecule has 0 bridgehead atoms. The van der Waals surface area contributed by atoms with E-state index in [-0.39, 0.29) is 22.0 Å². The van der Waals surface area contributed by atoms with E-state index < -0.39 is 23.9 Å². The molecule has 0 fully saturated rings. The molecule has 9 nitrogen and oxygen atoms in total. The van der Waals surface area contributed by atoms with Crippen molar-refractivity contribution >= 4 is 29.8 Å². The van der Waals surface area contributed by atoms with Gasteiger partial charge >= 0.3 is 18.3 Å². The zero-order chi connectivity index (χ0) is 17.1. The Balaban J connectivity index is 2.97. The summed E-state index contributed by atoms with van der Waals surface area (Å²) in [5.74, 6) is -0.255. The first kappa shape index (κ1) is 17.2. The number of carbonyl (C=O) groups is 3. The highest BCUT2D eigenvalue weighted by Crippen LogP contribution is 2.21. The fraction of sp³-hybridized carbons (Fsp3) is 0.385. The first-order valence-corrected chi connectivity index (χ1v) is 6.24. The largest absolute Gasteiger partial charge is 0.464 e. The van der Waals surface area contributed by atoms with Crippen LogP contribution in [0.15, 0.2) is 12.3 Å². The lowest BCUT2D eigenvalue weighted by atomic mass is 10.2. The zero-order valence-electron chi connectivity index (χ0n) is 12.6. The number of hydrogen-bond donors (Lipinski definition) is 3. The van der Waals surface area contributed by atoms with Crippen LogP contribution in [0.2, 0.25) is 0 Å². The number of aryl methyl sites for hydroxylation is 1. The summed E-state index contributed by atoms with van der Waals surface area (Å²) in [6, 6.07) is 1.39. The van der Waals surface area contributed by atoms with E-state index >= 15 is 0 Å². The van der Waals surface area contributed by atoms with Gasteiger partial charge in [0, 0.05) is 0 Å². The molecular formula is C13H17N3O6. The number of rotatable bonds is 2. The van der Waals surface area contributed by atoms with Crippen LogP contribution in [-0.2, 0) is 4.74 Å². The number of carbonyl (C=O) groups excluding carboxylic acids is 1. The van der Waals surface area contributed by atoms with Gasteiger partial charge in [-0.25, -0.2) is 19.4 Å². The van der Waals surface area contributed by atoms with E-state index in [1.807, 2.05) is 0 Å². The minimum Gasteiger partial charge on any atom is -0.464 e. The second kappa shape index (κ2) is 6.29. The number of nitrogens with zero attached hydrogens (tertiary/aromatic N) is 2. The van der Waals surface area contributed by atoms with Crippen molar-refractivity contribution in [2.45, 2.75) is 33.3 Å². The summed E-state index contributed by atoms with van der Waals surface area (Å²) in [6.45, 7) is 6.59. The van der Waals surface area contributed by atoms with Crippen molar-refractivity contribution in [1.82, 2.24) is 4.98 Å². The number of hydrogen-bond acceptors (Lipinski definition) is 5. The fourth-order valence-corrected chi connectivity index (χ4v) is 1.55. The topological polar surface area (TPSA) is 129 Å². The summed E-state index contributed by atoms with van der Waals surface area (Å²) < 4.78 is 5.06. The average molecular weight is 311 g/mol. The van der Waals surface area contributed by atoms with Crippen LogP contribution >= 0.6 is 0 Å². The lowest BCUT2D eigenvalue weighted by molar-refractivity contribution is 0.0635. The SMILES string of the molecule is Cc1cc(NC(=O)OC(C)(C)C)cnc1N(C(=O)O)C(=O)O. The maximum absolute atomic E-state index is 11.6. The lowest BCUT2D eigenvalue weighted by Crippen LogP contribution is -2.35. The van der Waals surface area contributed by atoms with Gasteiger partial charge in [-0.05, 0) is 39.3 Å². The second-order valence-corrected chi connectivity index (χ2v) is 5.39. The smallest absolute Gasteiger partial charge is 0.422 e. The minimum absolute atomic E-state index is 0.0899. The number of pyridine rings is 1. The Morgan fingerprint density at radius 3 is 2.18 bits per heavy atom. The Bertz CT molecular complexity index is 594. The number of imide groups is 1. The minimum atomic E-state index is -1.67. The molecule has 3 amide bonds. The number of aromatic nitrogens is 1. The summed E-state index contributed by atoms with van der Waals surface area (Å²) in [7, 11) is 0. The molecule has 1 rings (SSSR count). The molecule has 0 aliphatic carbocycles. The Hall–Kier alpha value is -2.84. The molecule has 0 radical (unpaired) electrons. The highest BCUT2D eigenvalue weighted by Gasteiger charge is 2.25. The molecule has 0 saturated heterocycles. The van der Waals surface area contributed by atoms with Crippen molar-refractivity contribution in [2.75, 3.05) is 10.2 Å². The molecule has 0 atom stereocenters. The first-order chi connectivity index (χ1) is 10.0. The van der Waals surface area contributed by atoms with Gasteiger partial charge in [-0.15, -0.1) is 0 Å². The molecule has 0 aromatic carbocycles. The zero-order valence-corrected chi connectivity index (χ0v) is 12.6. The van der Waals surface area contributed by atoms with Crippen LogP contribution in [0.3, 0.4) is 0 Å². The Morgan fingerprint density at radius 2 is 1.77 bits per heavy atom. The van der Waals surface area contributed by atoms with E-state index in [0.717, 1.165) is 6.20 Å². The van der Waals surface area contributed by atoms with Gasteiger partial charge in [0.05, 0.1) is 11.9 Å². The summed E-state index contributed by atoms with van der Waals surface area (Å²) in [5.41, 5.74) is -0.153. The average Bonchev–Trinajstić information content (AvgIpc) is 2.28. The molecule has 1 heterocycles. The van der Waals surface area contributed by atoms with Gasteiger partial charge in [0.15, 0.2) is 5.82 Å². The van der Waals surface area contributed by atoms with E-state index in [9.17, 15) is 14.4 Å². The van der Waals surface area contributed by atoms with Crippen LogP contribution in [0, 0.1) is 6.92 Å². The quantitative estimate of drug-likeness (QED) is 0.765. The van der Waals surface area contributed by atoms with Crippen LogP contribution in [0.4, 0.5) is 25.9 Å². The van der Waals surface area contributed by atoms with Gasteiger partial charge in [0.25, 0.3) is 0 Å². The molecule has 0 aliphatic rings. The van der Waals surface area contributed by atoms with Gasteiger partial charge in [-0.2, -0.15) is 4.90 Å². The van der Waals surface area contributed by atoms with Crippen molar-refractivity contribution < 1.29 is 29.3 Å². The van der Waals surface area contributed by atoms with Crippen molar-refractivity contribution in [2.24, 2.45) is 0 Å². The number of carboxylic acid groups (broad SMARTS) is 2. The number of ether oxygens (including phenoxy) is 1. The van der Waals surface area contributed by atoms with Crippen molar-refractivity contribution in [3.8, 4) is 0 Å². The van der Waals surface area contributed by atoms with Crippen LogP contribution in [-0.4, -0.2) is 39.1 Å². The normalized spacial score (nSPS) is 10.7. The standard InChI is InChI=1S/C13H17N3O6/c1-7-5-8(15-10(17)22-13(2,3)4)6-14-9(7)16(11(18)19)12(20)21/h5-6H,1-4H3,(H,15,17)(H,18,19)(H,20,21). The van der Waals surface area contributed by atoms with E-state index in [4.69, 9.17) is 14.9 Å². The number of nitrogens with one attached hydrogen (secondary N) is 1. The molecule has 0 saturated carbocycles. The lowest BCUT2D eigenvalue weighted by Gasteiger charge is -2.20. The third kappa shape index (κ3) is 4.62. The predicted molar refractivity (Wildman–Crippen MR) is 77.4 cm³/mol. The van der Waals surface area contributed by atoms with Gasteiger partial charge in [0.2, 0.25) is 0 Å². The molecule has 22 heavy (non-hydrogen) atoms. The van der Waals surface area contributed by atoms with Crippen LogP contribution in [0.25, 0.3) is 0 Å². The highest BCUT2D eigenvalue weighted by atomic mass is 16.6. The summed E-state index contributed by atoms with van der Waals surface area (Å²) in [5, 5.41) is 20.2. The third-order valence-corrected chi connectivity index (χ3v) is 2.29. The first-order valence-electron chi connectivity index (χ1n) is 6.24. The number of anilines is 2. The van der Waals surface area contributed by atoms with E-state index in [0.29, 0.717) is 0 Å². The third-order valence-electron chi connectivity index (χ3n) is 2.29. The van der Waals surface area contributed by atoms with E-state index in [1.165, 1.54) is 13.0 Å². The maximum atomic E-state index is 11.6. The summed E-state index contributed by atoms with van der Waals surface area (Å²) in [4.78, 5) is 37.3. The summed E-state index contributed by atoms with van der Waals surface area (Å²) >= 11 is 0. The van der Waals surface area contributed by atoms with E-state index in [1.54, 1.807) is 20.8 Å². The highest BCUT2D eigenvalue weighted by molar-refractivity contribution is 6.07. The Kier molecular flexibility index (Phi) is 4.92. The second-order valence-electron chi connectivity index (χ2n) is 5.39. The van der Waals surface area contributed by atoms with Gasteiger partial charge < -0.3 is 14.9 Å². The maximum Gasteiger partial charge on any atom is 0.422 e. The molecule has 0 aliphatic heterocycles. The van der Waals surface area contributed by atoms with Crippen molar-refractivity contribution in [3.05, 3.63) is 17.8 Å². The summed E-state index contributed by atoms with van der Waals surface area (Å²) in [6.07, 6.45) is -2.90. The van der Waals surface area contributed by atoms with Gasteiger partial charge in [-0.1, -0.05) is 0 Å². The van der Waals surface area contributed by atoms with Crippen molar-refractivity contribution in [1.29, 1.82) is 0 Å². The van der Waals surface area contributed by atoms with Gasteiger partial charge in [0.1, 0.15) is 5.60 Å². The molecule has 3 N–H and O–H groups in total. The fourth-order valence-electron chi connectivity index (χ4n) is 1.55. The Morgan fingerprint density at radius 1 is 1.23 bits per heavy atom. The van der Waals surface area contributed by atoms with Crippen LogP contribution < -0.4 is 10.2 Å². The van der Waals surface area contributed by atoms with E-state index in [2.05, 4.69) is 10.3 Å². The molecular weight excluding hydrogens is 294 g/mol. The number of amides is 3. The molecule has 1 aromatic heterocycles. The molecule has 0 unspecified atom stereocenters. The molecule has 120 valence electrons. The monoisotopic (exact) mass is 311 g/mol. The Labute approximate surface area is 126 Å². The van der Waals surface area contributed by atoms with Gasteiger partial charge in [-0.3, -0.25) is 5.32 Å². The predicted octanol–water partition coefficient (Wildman–Crippen LogP) is 2.90. The van der Waals surface area contributed by atoms with Crippen LogP contribution in [0.5, 0.6) is 0 Å². The van der Waals surface area contributed by atoms with Crippen molar-refractivity contribution in [3.63, 3.8) is 0 Å².